The lowest BCUT2D eigenvalue weighted by molar-refractivity contribution is -0.145. The molecule has 0 bridgehead atoms. The Bertz CT molecular complexity index is 568. The molecule has 24 heavy (non-hydrogen) atoms. The molecule has 6 nitrogen and oxygen atoms in total. The predicted molar refractivity (Wildman–Crippen MR) is 89.1 cm³/mol. The number of amides is 1. The minimum Gasteiger partial charge on any atom is -0.496 e. The van der Waals surface area contributed by atoms with Crippen LogP contribution in [0.25, 0.3) is 0 Å². The molecule has 1 aromatic carbocycles. The molecule has 2 rings (SSSR count). The van der Waals surface area contributed by atoms with Crippen LogP contribution in [0.4, 0.5) is 0 Å². The van der Waals surface area contributed by atoms with Crippen molar-refractivity contribution in [1.82, 2.24) is 4.90 Å². The predicted octanol–water partition coefficient (Wildman–Crippen LogP) is 2.13. The zero-order valence-electron chi connectivity index (χ0n) is 14.5. The first-order valence-electron chi connectivity index (χ1n) is 8.18. The summed E-state index contributed by atoms with van der Waals surface area (Å²) < 4.78 is 15.7. The molecule has 1 fully saturated rings. The Kier molecular flexibility index (Phi) is 6.61. The monoisotopic (exact) mass is 335 g/mol. The van der Waals surface area contributed by atoms with Crippen LogP contribution in [0, 0.1) is 5.92 Å². The highest BCUT2D eigenvalue weighted by Crippen LogP contribution is 2.22. The normalized spacial score (nSPS) is 18.0. The van der Waals surface area contributed by atoms with Crippen molar-refractivity contribution in [1.29, 1.82) is 0 Å². The van der Waals surface area contributed by atoms with E-state index in [0.29, 0.717) is 24.5 Å². The second-order valence-corrected chi connectivity index (χ2v) is 5.97. The SMILES string of the molecule is COC(=O)C(C)CN(CC1CCCO1)C(=O)c1ccccc1OC. The first-order chi connectivity index (χ1) is 11.6. The van der Waals surface area contributed by atoms with Gasteiger partial charge >= 0.3 is 5.97 Å². The summed E-state index contributed by atoms with van der Waals surface area (Å²) in [6, 6.07) is 7.09. The van der Waals surface area contributed by atoms with Gasteiger partial charge in [0, 0.05) is 19.7 Å². The minimum atomic E-state index is -0.407. The maximum atomic E-state index is 13.0. The van der Waals surface area contributed by atoms with Crippen LogP contribution in [0.1, 0.15) is 30.1 Å². The molecule has 0 N–H and O–H groups in total. The Morgan fingerprint density at radius 1 is 1.33 bits per heavy atom. The zero-order chi connectivity index (χ0) is 17.5. The standard InChI is InChI=1S/C18H25NO5/c1-13(18(21)23-3)11-19(12-14-7-6-10-24-14)17(20)15-8-4-5-9-16(15)22-2/h4-5,8-9,13-14H,6-7,10-12H2,1-3H3. The first kappa shape index (κ1) is 18.3. The summed E-state index contributed by atoms with van der Waals surface area (Å²) in [5.74, 6) is -0.389. The summed E-state index contributed by atoms with van der Waals surface area (Å²) in [6.45, 7) is 3.21. The third-order valence-corrected chi connectivity index (χ3v) is 4.17. The van der Waals surface area contributed by atoms with Gasteiger partial charge in [-0.15, -0.1) is 0 Å². The van der Waals surface area contributed by atoms with Gasteiger partial charge in [-0.1, -0.05) is 19.1 Å². The molecule has 2 unspecified atom stereocenters. The van der Waals surface area contributed by atoms with E-state index in [1.54, 1.807) is 30.0 Å². The van der Waals surface area contributed by atoms with Crippen molar-refractivity contribution in [2.45, 2.75) is 25.9 Å². The number of esters is 1. The number of ether oxygens (including phenoxy) is 3. The largest absolute Gasteiger partial charge is 0.496 e. The van der Waals surface area contributed by atoms with E-state index in [4.69, 9.17) is 14.2 Å². The van der Waals surface area contributed by atoms with E-state index in [0.717, 1.165) is 12.8 Å². The molecular weight excluding hydrogens is 310 g/mol. The van der Waals surface area contributed by atoms with Gasteiger partial charge in [-0.2, -0.15) is 0 Å². The molecule has 1 aliphatic rings. The van der Waals surface area contributed by atoms with Gasteiger partial charge in [-0.25, -0.2) is 0 Å². The molecule has 0 spiro atoms. The van der Waals surface area contributed by atoms with E-state index in [9.17, 15) is 9.59 Å². The van der Waals surface area contributed by atoms with Crippen molar-refractivity contribution < 1.29 is 23.8 Å². The summed E-state index contributed by atoms with van der Waals surface area (Å²) in [4.78, 5) is 26.4. The topological polar surface area (TPSA) is 65.1 Å². The van der Waals surface area contributed by atoms with Crippen LogP contribution in [0.3, 0.4) is 0 Å². The van der Waals surface area contributed by atoms with Crippen LogP contribution < -0.4 is 4.74 Å². The van der Waals surface area contributed by atoms with E-state index in [1.165, 1.54) is 14.2 Å². The van der Waals surface area contributed by atoms with Crippen LogP contribution in [0.15, 0.2) is 24.3 Å². The van der Waals surface area contributed by atoms with Crippen LogP contribution in [0.5, 0.6) is 5.75 Å². The number of carbonyl (C=O) groups excluding carboxylic acids is 2. The Morgan fingerprint density at radius 2 is 2.08 bits per heavy atom. The number of benzene rings is 1. The highest BCUT2D eigenvalue weighted by atomic mass is 16.5. The molecular formula is C18H25NO5. The lowest BCUT2D eigenvalue weighted by Gasteiger charge is -2.28. The summed E-state index contributed by atoms with van der Waals surface area (Å²) >= 11 is 0. The van der Waals surface area contributed by atoms with Crippen LogP contribution >= 0.6 is 0 Å². The highest BCUT2D eigenvalue weighted by molar-refractivity contribution is 5.97. The maximum Gasteiger partial charge on any atom is 0.310 e. The van der Waals surface area contributed by atoms with Gasteiger partial charge < -0.3 is 19.1 Å². The molecule has 1 amide bonds. The minimum absolute atomic E-state index is 0.00787. The first-order valence-corrected chi connectivity index (χ1v) is 8.18. The number of nitrogens with zero attached hydrogens (tertiary/aromatic N) is 1. The average molecular weight is 335 g/mol. The van der Waals surface area contributed by atoms with E-state index < -0.39 is 5.92 Å². The van der Waals surface area contributed by atoms with Gasteiger partial charge in [0.1, 0.15) is 5.75 Å². The number of para-hydroxylation sites is 1. The Balaban J connectivity index is 2.19. The van der Waals surface area contributed by atoms with Gasteiger partial charge in [0.25, 0.3) is 5.91 Å². The molecule has 6 heteroatoms. The summed E-state index contributed by atoms with van der Waals surface area (Å²) in [7, 11) is 2.89. The third-order valence-electron chi connectivity index (χ3n) is 4.17. The number of methoxy groups -OCH3 is 2. The van der Waals surface area contributed by atoms with Crippen molar-refractivity contribution in [2.24, 2.45) is 5.92 Å². The third kappa shape index (κ3) is 4.47. The maximum absolute atomic E-state index is 13.0. The van der Waals surface area contributed by atoms with Gasteiger partial charge in [0.2, 0.25) is 0 Å². The Labute approximate surface area is 142 Å². The fraction of sp³-hybridized carbons (Fsp3) is 0.556. The second-order valence-electron chi connectivity index (χ2n) is 5.97. The fourth-order valence-corrected chi connectivity index (χ4v) is 2.87. The van der Waals surface area contributed by atoms with Crippen molar-refractivity contribution in [2.75, 3.05) is 33.9 Å². The van der Waals surface area contributed by atoms with Crippen LogP contribution in [-0.4, -0.2) is 56.8 Å². The number of hydrogen-bond acceptors (Lipinski definition) is 5. The molecule has 0 aliphatic carbocycles. The molecule has 1 aliphatic heterocycles. The van der Waals surface area contributed by atoms with E-state index >= 15 is 0 Å². The van der Waals surface area contributed by atoms with Crippen molar-refractivity contribution in [3.8, 4) is 5.75 Å². The molecule has 0 saturated carbocycles. The zero-order valence-corrected chi connectivity index (χ0v) is 14.5. The number of rotatable bonds is 7. The molecule has 132 valence electrons. The van der Waals surface area contributed by atoms with Crippen molar-refractivity contribution in [3.05, 3.63) is 29.8 Å². The fourth-order valence-electron chi connectivity index (χ4n) is 2.87. The van der Waals surface area contributed by atoms with Crippen molar-refractivity contribution in [3.63, 3.8) is 0 Å². The summed E-state index contributed by atoms with van der Waals surface area (Å²) in [6.07, 6.45) is 1.92. The Hall–Kier alpha value is -2.08. The summed E-state index contributed by atoms with van der Waals surface area (Å²) in [5, 5.41) is 0. The smallest absolute Gasteiger partial charge is 0.310 e. The lowest BCUT2D eigenvalue weighted by atomic mass is 10.1. The van der Waals surface area contributed by atoms with E-state index in [1.807, 2.05) is 6.07 Å². The van der Waals surface area contributed by atoms with Gasteiger partial charge in [0.05, 0.1) is 31.8 Å². The van der Waals surface area contributed by atoms with Gasteiger partial charge in [0.15, 0.2) is 0 Å². The summed E-state index contributed by atoms with van der Waals surface area (Å²) in [5.41, 5.74) is 0.482. The second kappa shape index (κ2) is 8.68. The number of carbonyl (C=O) groups is 2. The molecule has 1 aromatic rings. The molecule has 0 radical (unpaired) electrons. The molecule has 0 aromatic heterocycles. The van der Waals surface area contributed by atoms with Gasteiger partial charge in [-0.05, 0) is 25.0 Å². The Morgan fingerprint density at radius 3 is 2.71 bits per heavy atom. The van der Waals surface area contributed by atoms with Crippen LogP contribution in [0.2, 0.25) is 0 Å². The molecule has 1 saturated heterocycles. The van der Waals surface area contributed by atoms with E-state index in [2.05, 4.69) is 0 Å². The average Bonchev–Trinajstić information content (AvgIpc) is 3.12. The highest BCUT2D eigenvalue weighted by Gasteiger charge is 2.28. The van der Waals surface area contributed by atoms with Crippen molar-refractivity contribution >= 4 is 11.9 Å². The lowest BCUT2D eigenvalue weighted by Crippen LogP contribution is -2.41. The quantitative estimate of drug-likeness (QED) is 0.714. The van der Waals surface area contributed by atoms with Crippen LogP contribution in [-0.2, 0) is 14.3 Å². The molecule has 2 atom stereocenters. The molecule has 1 heterocycles. The van der Waals surface area contributed by atoms with E-state index in [-0.39, 0.29) is 24.5 Å². The number of hydrogen-bond donors (Lipinski definition) is 0. The van der Waals surface area contributed by atoms with Gasteiger partial charge in [-0.3, -0.25) is 9.59 Å².